The number of hydrogen-bond acceptors (Lipinski definition) is 3. The maximum atomic E-state index is 4.86. The minimum absolute atomic E-state index is 0.0260. The van der Waals surface area contributed by atoms with Crippen LogP contribution < -0.4 is 9.80 Å². The number of fused-ring (bicyclic) bond motifs is 7. The first-order valence-corrected chi connectivity index (χ1v) is 15.9. The van der Waals surface area contributed by atoms with Gasteiger partial charge in [-0.3, -0.25) is 4.90 Å². The molecule has 9 rings (SSSR count). The summed E-state index contributed by atoms with van der Waals surface area (Å²) in [6, 6.07) is 61.5. The van der Waals surface area contributed by atoms with Crippen LogP contribution in [0.1, 0.15) is 28.7 Å². The van der Waals surface area contributed by atoms with Crippen LogP contribution in [0, 0.1) is 0 Å². The number of nitrogens with zero attached hydrogens (tertiary/aromatic N) is 3. The fourth-order valence-electron chi connectivity index (χ4n) is 7.50. The Morgan fingerprint density at radius 3 is 1.52 bits per heavy atom. The highest BCUT2D eigenvalue weighted by molar-refractivity contribution is 5.88. The van der Waals surface area contributed by atoms with Gasteiger partial charge in [-0.25, -0.2) is 4.98 Å². The number of para-hydroxylation sites is 3. The van der Waals surface area contributed by atoms with Gasteiger partial charge in [0.25, 0.3) is 0 Å². The monoisotopic (exact) mass is 589 g/mol. The van der Waals surface area contributed by atoms with E-state index < -0.39 is 0 Å². The summed E-state index contributed by atoms with van der Waals surface area (Å²) in [4.78, 5) is 9.80. The third kappa shape index (κ3) is 4.24. The molecule has 0 amide bonds. The van der Waals surface area contributed by atoms with Crippen molar-refractivity contribution >= 4 is 28.6 Å². The molecule has 0 saturated heterocycles. The van der Waals surface area contributed by atoms with Gasteiger partial charge >= 0.3 is 0 Å². The third-order valence-electron chi connectivity index (χ3n) is 9.42. The highest BCUT2D eigenvalue weighted by Crippen LogP contribution is 2.61. The lowest BCUT2D eigenvalue weighted by molar-refractivity contribution is 0.665. The Bertz CT molecular complexity index is 2120. The van der Waals surface area contributed by atoms with Crippen molar-refractivity contribution in [2.45, 2.75) is 12.0 Å². The molecule has 0 radical (unpaired) electrons. The normalized spacial score (nSPS) is 16.2. The van der Waals surface area contributed by atoms with Crippen LogP contribution in [-0.4, -0.2) is 4.98 Å². The largest absolute Gasteiger partial charge is 0.333 e. The average Bonchev–Trinajstić information content (AvgIpc) is 3.42. The van der Waals surface area contributed by atoms with E-state index in [1.165, 1.54) is 56.0 Å². The van der Waals surface area contributed by atoms with Crippen molar-refractivity contribution < 1.29 is 0 Å². The van der Waals surface area contributed by atoms with Crippen LogP contribution in [0.25, 0.3) is 22.3 Å². The lowest BCUT2D eigenvalue weighted by Gasteiger charge is -2.32. The molecule has 7 aromatic rings. The molecule has 2 aliphatic rings. The zero-order valence-electron chi connectivity index (χ0n) is 25.2. The van der Waals surface area contributed by atoms with Gasteiger partial charge in [0.1, 0.15) is 5.82 Å². The van der Waals surface area contributed by atoms with E-state index in [-0.39, 0.29) is 12.0 Å². The number of anilines is 5. The summed E-state index contributed by atoms with van der Waals surface area (Å²) in [5.41, 5.74) is 13.5. The lowest BCUT2D eigenvalue weighted by Crippen LogP contribution is -2.23. The average molecular weight is 590 g/mol. The second-order valence-corrected chi connectivity index (χ2v) is 12.0. The van der Waals surface area contributed by atoms with Crippen molar-refractivity contribution in [2.24, 2.45) is 0 Å². The van der Waals surface area contributed by atoms with Gasteiger partial charge in [0, 0.05) is 23.5 Å². The Morgan fingerprint density at radius 1 is 0.413 bits per heavy atom. The fourth-order valence-corrected chi connectivity index (χ4v) is 7.50. The fraction of sp³-hybridized carbons (Fsp3) is 0.0465. The first-order valence-electron chi connectivity index (χ1n) is 15.9. The van der Waals surface area contributed by atoms with Crippen molar-refractivity contribution in [3.8, 4) is 22.3 Å². The molecule has 0 aliphatic carbocycles. The minimum Gasteiger partial charge on any atom is -0.333 e. The number of rotatable bonds is 4. The summed E-state index contributed by atoms with van der Waals surface area (Å²) in [6.45, 7) is 0. The van der Waals surface area contributed by atoms with Crippen molar-refractivity contribution in [3.05, 3.63) is 193 Å². The number of aromatic nitrogens is 1. The molecule has 2 unspecified atom stereocenters. The van der Waals surface area contributed by atoms with Crippen LogP contribution in [0.3, 0.4) is 0 Å². The molecule has 0 fully saturated rings. The molecule has 1 aromatic heterocycles. The van der Waals surface area contributed by atoms with E-state index in [4.69, 9.17) is 4.98 Å². The van der Waals surface area contributed by atoms with Gasteiger partial charge in [0.15, 0.2) is 0 Å². The molecule has 6 aromatic carbocycles. The van der Waals surface area contributed by atoms with E-state index in [9.17, 15) is 0 Å². The summed E-state index contributed by atoms with van der Waals surface area (Å²) in [6.07, 6.45) is 1.88. The third-order valence-corrected chi connectivity index (χ3v) is 9.42. The molecule has 2 atom stereocenters. The molecule has 0 spiro atoms. The Morgan fingerprint density at radius 2 is 0.913 bits per heavy atom. The highest BCUT2D eigenvalue weighted by Gasteiger charge is 2.46. The number of hydrogen-bond donors (Lipinski definition) is 0. The summed E-state index contributed by atoms with van der Waals surface area (Å²) in [5.74, 6) is 1.03. The van der Waals surface area contributed by atoms with Gasteiger partial charge in [-0.15, -0.1) is 0 Å². The van der Waals surface area contributed by atoms with Gasteiger partial charge in [0.05, 0.1) is 17.4 Å². The van der Waals surface area contributed by atoms with Crippen LogP contribution in [0.15, 0.2) is 176 Å². The number of benzene rings is 6. The van der Waals surface area contributed by atoms with Crippen LogP contribution in [0.4, 0.5) is 28.6 Å². The quantitative estimate of drug-likeness (QED) is 0.204. The number of pyridine rings is 1. The molecule has 3 heteroatoms. The molecule has 2 aliphatic heterocycles. The van der Waals surface area contributed by atoms with Gasteiger partial charge in [-0.05, 0) is 87.5 Å². The molecule has 0 N–H and O–H groups in total. The SMILES string of the molecule is c1ccc(-c2cc(-c3ccccc3)cc(N3c4ccccc4C4c5ccccc5N(c5ccccn5)c5ccccc5C43)c2)cc1. The van der Waals surface area contributed by atoms with Crippen molar-refractivity contribution in [1.29, 1.82) is 0 Å². The summed E-state index contributed by atoms with van der Waals surface area (Å²) in [5, 5.41) is 0. The van der Waals surface area contributed by atoms with Gasteiger partial charge < -0.3 is 4.90 Å². The highest BCUT2D eigenvalue weighted by atomic mass is 15.2. The van der Waals surface area contributed by atoms with Crippen LogP contribution >= 0.6 is 0 Å². The molecule has 3 nitrogen and oxygen atoms in total. The van der Waals surface area contributed by atoms with Gasteiger partial charge in [-0.2, -0.15) is 0 Å². The van der Waals surface area contributed by atoms with Crippen molar-refractivity contribution in [1.82, 2.24) is 4.98 Å². The standard InChI is InChI=1S/C43H31N3/c1-3-15-30(16-4-1)32-27-33(31-17-5-2-6-18-31)29-34(28-32)45-38-22-10-7-19-35(38)42-36-20-8-11-23-39(36)46(41-25-13-14-26-44-41)40-24-12-9-21-37(40)43(42)45/h1-29,42-43H. The second kappa shape index (κ2) is 10.9. The Kier molecular flexibility index (Phi) is 6.27. The molecular weight excluding hydrogens is 558 g/mol. The molecule has 0 bridgehead atoms. The Balaban J connectivity index is 1.34. The van der Waals surface area contributed by atoms with Crippen LogP contribution in [0.5, 0.6) is 0 Å². The summed E-state index contributed by atoms with van der Waals surface area (Å²) < 4.78 is 0. The topological polar surface area (TPSA) is 19.4 Å². The molecule has 3 heterocycles. The Labute approximate surface area is 269 Å². The zero-order chi connectivity index (χ0) is 30.5. The maximum absolute atomic E-state index is 4.86. The first kappa shape index (κ1) is 26.5. The minimum atomic E-state index is 0.0260. The first-order chi connectivity index (χ1) is 22.8. The van der Waals surface area contributed by atoms with E-state index in [0.717, 1.165) is 11.5 Å². The van der Waals surface area contributed by atoms with Crippen LogP contribution in [-0.2, 0) is 0 Å². The zero-order valence-corrected chi connectivity index (χ0v) is 25.2. The summed E-state index contributed by atoms with van der Waals surface area (Å²) >= 11 is 0. The van der Waals surface area contributed by atoms with E-state index in [1.54, 1.807) is 0 Å². The second-order valence-electron chi connectivity index (χ2n) is 12.0. The van der Waals surface area contributed by atoms with Crippen molar-refractivity contribution in [3.63, 3.8) is 0 Å². The maximum Gasteiger partial charge on any atom is 0.137 e. The lowest BCUT2D eigenvalue weighted by atomic mass is 9.84. The van der Waals surface area contributed by atoms with E-state index >= 15 is 0 Å². The summed E-state index contributed by atoms with van der Waals surface area (Å²) in [7, 11) is 0. The van der Waals surface area contributed by atoms with E-state index in [0.29, 0.717) is 0 Å². The molecule has 46 heavy (non-hydrogen) atoms. The van der Waals surface area contributed by atoms with Crippen molar-refractivity contribution in [2.75, 3.05) is 9.80 Å². The smallest absolute Gasteiger partial charge is 0.137 e. The van der Waals surface area contributed by atoms with E-state index in [1.807, 2.05) is 12.3 Å². The predicted molar refractivity (Wildman–Crippen MR) is 189 cm³/mol. The van der Waals surface area contributed by atoms with Crippen LogP contribution in [0.2, 0.25) is 0 Å². The molecule has 218 valence electrons. The Hall–Kier alpha value is -5.93. The van der Waals surface area contributed by atoms with E-state index in [2.05, 4.69) is 174 Å². The van der Waals surface area contributed by atoms with Gasteiger partial charge in [0.2, 0.25) is 0 Å². The van der Waals surface area contributed by atoms with Gasteiger partial charge in [-0.1, -0.05) is 121 Å². The molecular formula is C43H31N3. The molecule has 0 saturated carbocycles. The predicted octanol–water partition coefficient (Wildman–Crippen LogP) is 11.2.